The second-order valence-electron chi connectivity index (χ2n) is 6.81. The van der Waals surface area contributed by atoms with Gasteiger partial charge < -0.3 is 14.0 Å². The van der Waals surface area contributed by atoms with E-state index in [0.717, 1.165) is 11.3 Å². The minimum Gasteiger partial charge on any atom is -0.468 e. The Morgan fingerprint density at radius 3 is 2.39 bits per heavy atom. The van der Waals surface area contributed by atoms with Crippen molar-refractivity contribution in [3.05, 3.63) is 93.3 Å². The van der Waals surface area contributed by atoms with Gasteiger partial charge in [0.1, 0.15) is 18.0 Å². The molecule has 0 N–H and O–H groups in total. The number of ether oxygens (including phenoxy) is 2. The molecule has 3 aromatic carbocycles. The van der Waals surface area contributed by atoms with Crippen LogP contribution in [0.5, 0.6) is 11.5 Å². The number of esters is 1. The summed E-state index contributed by atoms with van der Waals surface area (Å²) in [4.78, 5) is 39.7. The summed E-state index contributed by atoms with van der Waals surface area (Å²) < 4.78 is 12.5. The van der Waals surface area contributed by atoms with Crippen molar-refractivity contribution in [3.8, 4) is 11.5 Å². The molecule has 0 aliphatic carbocycles. The molecule has 0 spiro atoms. The smallest absolute Gasteiger partial charge is 0.325 e. The van der Waals surface area contributed by atoms with Crippen LogP contribution in [0.2, 0.25) is 0 Å². The summed E-state index contributed by atoms with van der Waals surface area (Å²) in [7, 11) is 1.25. The molecular weight excluding hydrogens is 446 g/mol. The fourth-order valence-electron chi connectivity index (χ4n) is 3.05. The molecule has 0 saturated heterocycles. The molecular formula is C23H17N3O6S. The normalized spacial score (nSPS) is 11.4. The van der Waals surface area contributed by atoms with E-state index in [0.29, 0.717) is 27.3 Å². The molecule has 1 aromatic heterocycles. The van der Waals surface area contributed by atoms with Crippen LogP contribution in [0.3, 0.4) is 0 Å². The molecule has 0 aliphatic rings. The Morgan fingerprint density at radius 1 is 1.03 bits per heavy atom. The number of methoxy groups -OCH3 is 1. The van der Waals surface area contributed by atoms with Crippen LogP contribution in [0.15, 0.2) is 77.8 Å². The van der Waals surface area contributed by atoms with Gasteiger partial charge in [0, 0.05) is 17.7 Å². The Balaban J connectivity index is 1.67. The molecule has 0 atom stereocenters. The Hall–Kier alpha value is -4.31. The number of carbonyl (C=O) groups excluding carboxylic acids is 2. The van der Waals surface area contributed by atoms with Gasteiger partial charge >= 0.3 is 5.97 Å². The largest absolute Gasteiger partial charge is 0.468 e. The molecule has 1 heterocycles. The zero-order valence-corrected chi connectivity index (χ0v) is 18.2. The Bertz CT molecular complexity index is 1410. The third-order valence-electron chi connectivity index (χ3n) is 4.67. The van der Waals surface area contributed by atoms with E-state index in [2.05, 4.69) is 4.99 Å². The number of amides is 1. The van der Waals surface area contributed by atoms with Crippen molar-refractivity contribution in [2.45, 2.75) is 6.54 Å². The molecule has 0 saturated carbocycles. The van der Waals surface area contributed by atoms with Gasteiger partial charge in [0.15, 0.2) is 4.80 Å². The molecule has 10 heteroatoms. The maximum atomic E-state index is 12.8. The van der Waals surface area contributed by atoms with E-state index >= 15 is 0 Å². The molecule has 166 valence electrons. The van der Waals surface area contributed by atoms with Gasteiger partial charge in [-0.3, -0.25) is 19.7 Å². The van der Waals surface area contributed by atoms with Crippen LogP contribution in [-0.2, 0) is 16.1 Å². The number of rotatable bonds is 6. The number of aromatic nitrogens is 1. The molecule has 33 heavy (non-hydrogen) atoms. The van der Waals surface area contributed by atoms with E-state index in [1.54, 1.807) is 24.3 Å². The summed E-state index contributed by atoms with van der Waals surface area (Å²) in [5, 5.41) is 11.1. The van der Waals surface area contributed by atoms with Gasteiger partial charge in [0.05, 0.1) is 22.2 Å². The number of carbonyl (C=O) groups is 2. The van der Waals surface area contributed by atoms with Gasteiger partial charge in [-0.15, -0.1) is 0 Å². The van der Waals surface area contributed by atoms with Crippen molar-refractivity contribution in [3.63, 3.8) is 0 Å². The molecule has 0 aliphatic heterocycles. The van der Waals surface area contributed by atoms with Crippen molar-refractivity contribution < 1.29 is 24.0 Å². The van der Waals surface area contributed by atoms with Crippen LogP contribution in [0.1, 0.15) is 10.4 Å². The maximum Gasteiger partial charge on any atom is 0.325 e. The average molecular weight is 463 g/mol. The summed E-state index contributed by atoms with van der Waals surface area (Å²) in [5.41, 5.74) is 0.762. The minimum atomic E-state index is -0.538. The summed E-state index contributed by atoms with van der Waals surface area (Å²) in [6.07, 6.45) is 0. The number of hydrogen-bond acceptors (Lipinski definition) is 7. The van der Waals surface area contributed by atoms with Crippen molar-refractivity contribution in [2.24, 2.45) is 4.99 Å². The first-order valence-electron chi connectivity index (χ1n) is 9.71. The quantitative estimate of drug-likeness (QED) is 0.239. The van der Waals surface area contributed by atoms with Gasteiger partial charge in [0.2, 0.25) is 0 Å². The van der Waals surface area contributed by atoms with Gasteiger partial charge in [-0.25, -0.2) is 0 Å². The molecule has 0 fully saturated rings. The number of nitro groups is 1. The number of thiazole rings is 1. The van der Waals surface area contributed by atoms with E-state index in [9.17, 15) is 19.7 Å². The van der Waals surface area contributed by atoms with Crippen molar-refractivity contribution in [1.82, 2.24) is 4.57 Å². The highest BCUT2D eigenvalue weighted by Crippen LogP contribution is 2.24. The lowest BCUT2D eigenvalue weighted by atomic mass is 10.2. The molecule has 0 bridgehead atoms. The number of hydrogen-bond donors (Lipinski definition) is 0. The van der Waals surface area contributed by atoms with E-state index < -0.39 is 16.8 Å². The van der Waals surface area contributed by atoms with Crippen LogP contribution >= 0.6 is 11.3 Å². The Kier molecular flexibility index (Phi) is 6.27. The SMILES string of the molecule is COC(=O)Cn1c(=NC(=O)c2ccc(Oc3ccccc3)cc2)sc2cc([N+](=O)[O-])ccc21. The van der Waals surface area contributed by atoms with Gasteiger partial charge in [0.25, 0.3) is 11.6 Å². The lowest BCUT2D eigenvalue weighted by molar-refractivity contribution is -0.384. The summed E-state index contributed by atoms with van der Waals surface area (Å²) in [5.74, 6) is 0.169. The van der Waals surface area contributed by atoms with E-state index in [4.69, 9.17) is 9.47 Å². The Morgan fingerprint density at radius 2 is 1.73 bits per heavy atom. The lowest BCUT2D eigenvalue weighted by Crippen LogP contribution is -2.22. The fourth-order valence-corrected chi connectivity index (χ4v) is 4.11. The zero-order chi connectivity index (χ0) is 23.4. The number of fused-ring (bicyclic) bond motifs is 1. The van der Waals surface area contributed by atoms with Crippen LogP contribution in [0.4, 0.5) is 5.69 Å². The fraction of sp³-hybridized carbons (Fsp3) is 0.0870. The molecule has 4 rings (SSSR count). The summed E-state index contributed by atoms with van der Waals surface area (Å²) in [6.45, 7) is -0.190. The summed E-state index contributed by atoms with van der Waals surface area (Å²) >= 11 is 1.07. The average Bonchev–Trinajstić information content (AvgIpc) is 3.15. The van der Waals surface area contributed by atoms with Crippen molar-refractivity contribution in [1.29, 1.82) is 0 Å². The van der Waals surface area contributed by atoms with Crippen LogP contribution in [0.25, 0.3) is 10.2 Å². The monoisotopic (exact) mass is 463 g/mol. The zero-order valence-electron chi connectivity index (χ0n) is 17.3. The topological polar surface area (TPSA) is 113 Å². The number of benzene rings is 3. The van der Waals surface area contributed by atoms with Crippen LogP contribution in [0, 0.1) is 10.1 Å². The van der Waals surface area contributed by atoms with Crippen molar-refractivity contribution in [2.75, 3.05) is 7.11 Å². The summed E-state index contributed by atoms with van der Waals surface area (Å²) in [6, 6.07) is 20.0. The number of para-hydroxylation sites is 1. The van der Waals surface area contributed by atoms with Gasteiger partial charge in [-0.05, 0) is 42.5 Å². The molecule has 1 amide bonds. The predicted octanol–water partition coefficient (Wildman–Crippen LogP) is 4.32. The maximum absolute atomic E-state index is 12.8. The lowest BCUT2D eigenvalue weighted by Gasteiger charge is -2.05. The first kappa shape index (κ1) is 21.9. The number of nitrogens with zero attached hydrogens (tertiary/aromatic N) is 3. The van der Waals surface area contributed by atoms with E-state index in [1.807, 2.05) is 30.3 Å². The molecule has 0 unspecified atom stereocenters. The standard InChI is InChI=1S/C23H17N3O6S/c1-31-21(27)14-25-19-12-9-16(26(29)30)13-20(19)33-23(25)24-22(28)15-7-10-18(11-8-15)32-17-5-3-2-4-6-17/h2-13H,14H2,1H3. The third kappa shape index (κ3) is 4.96. The first-order valence-corrected chi connectivity index (χ1v) is 10.5. The highest BCUT2D eigenvalue weighted by molar-refractivity contribution is 7.16. The second-order valence-corrected chi connectivity index (χ2v) is 7.82. The predicted molar refractivity (Wildman–Crippen MR) is 121 cm³/mol. The highest BCUT2D eigenvalue weighted by Gasteiger charge is 2.15. The van der Waals surface area contributed by atoms with Gasteiger partial charge in [-0.1, -0.05) is 29.5 Å². The number of non-ortho nitro benzene ring substituents is 1. The van der Waals surface area contributed by atoms with Gasteiger partial charge in [-0.2, -0.15) is 4.99 Å². The molecule has 0 radical (unpaired) electrons. The highest BCUT2D eigenvalue weighted by atomic mass is 32.1. The van der Waals surface area contributed by atoms with Crippen molar-refractivity contribution >= 4 is 39.1 Å². The molecule has 4 aromatic rings. The van der Waals surface area contributed by atoms with Crippen LogP contribution in [-0.4, -0.2) is 28.5 Å². The van der Waals surface area contributed by atoms with E-state index in [1.165, 1.54) is 29.9 Å². The number of nitro benzene ring substituents is 1. The first-order chi connectivity index (χ1) is 15.9. The minimum absolute atomic E-state index is 0.0964. The molecule has 9 nitrogen and oxygen atoms in total. The van der Waals surface area contributed by atoms with Crippen LogP contribution < -0.4 is 9.54 Å². The Labute approximate surface area is 191 Å². The van der Waals surface area contributed by atoms with E-state index in [-0.39, 0.29) is 17.0 Å². The second kappa shape index (κ2) is 9.45. The third-order valence-corrected chi connectivity index (χ3v) is 5.71.